The third-order valence-corrected chi connectivity index (χ3v) is 5.12. The van der Waals surface area contributed by atoms with Crippen molar-refractivity contribution in [3.8, 4) is 11.8 Å². The van der Waals surface area contributed by atoms with E-state index >= 15 is 0 Å². The largest absolute Gasteiger partial charge is 0.208 e. The van der Waals surface area contributed by atoms with Gasteiger partial charge >= 0.3 is 0 Å². The first-order valence-corrected chi connectivity index (χ1v) is 10.6. The van der Waals surface area contributed by atoms with Crippen LogP contribution >= 0.6 is 0 Å². The van der Waals surface area contributed by atoms with Crippen LogP contribution in [0.1, 0.15) is 33.4 Å². The molecule has 4 aromatic rings. The van der Waals surface area contributed by atoms with Gasteiger partial charge in [0.05, 0.1) is 0 Å². The van der Waals surface area contributed by atoms with Gasteiger partial charge in [0.2, 0.25) is 0 Å². The molecule has 32 heavy (non-hydrogen) atoms. The average molecular weight is 415 g/mol. The lowest BCUT2D eigenvalue weighted by molar-refractivity contribution is -0.671. The van der Waals surface area contributed by atoms with Crippen molar-refractivity contribution in [3.63, 3.8) is 0 Å². The molecule has 2 heterocycles. The number of aromatic nitrogens is 2. The summed E-state index contributed by atoms with van der Waals surface area (Å²) in [5.74, 6) is 6.51. The van der Waals surface area contributed by atoms with Crippen LogP contribution in [0, 0.1) is 11.8 Å². The topological polar surface area (TPSA) is 7.76 Å². The lowest BCUT2D eigenvalue weighted by Gasteiger charge is -1.96. The second-order valence-electron chi connectivity index (χ2n) is 7.75. The minimum Gasteiger partial charge on any atom is -0.208 e. The molecule has 0 atom stereocenters. The highest BCUT2D eigenvalue weighted by Gasteiger charge is 1.94. The monoisotopic (exact) mass is 414 g/mol. The molecule has 0 fully saturated rings. The van der Waals surface area contributed by atoms with Gasteiger partial charge < -0.3 is 0 Å². The summed E-state index contributed by atoms with van der Waals surface area (Å²) >= 11 is 0. The Morgan fingerprint density at radius 1 is 0.438 bits per heavy atom. The molecule has 2 aromatic carbocycles. The summed E-state index contributed by atoms with van der Waals surface area (Å²) in [5.41, 5.74) is 6.70. The first-order valence-electron chi connectivity index (χ1n) is 10.6. The van der Waals surface area contributed by atoms with Gasteiger partial charge in [-0.1, -0.05) is 60.4 Å². The van der Waals surface area contributed by atoms with Gasteiger partial charge in [-0.3, -0.25) is 0 Å². The van der Waals surface area contributed by atoms with E-state index in [4.69, 9.17) is 0 Å². The maximum absolute atomic E-state index is 3.25. The van der Waals surface area contributed by atoms with Crippen LogP contribution in [0.4, 0.5) is 0 Å². The van der Waals surface area contributed by atoms with Crippen LogP contribution in [0.3, 0.4) is 0 Å². The summed E-state index contributed by atoms with van der Waals surface area (Å²) < 4.78 is 4.06. The van der Waals surface area contributed by atoms with Crippen molar-refractivity contribution < 1.29 is 9.13 Å². The lowest BCUT2D eigenvalue weighted by Crippen LogP contribution is -2.25. The molecule has 2 aromatic heterocycles. The molecule has 154 valence electrons. The number of aryl methyl sites for hydroxylation is 2. The van der Waals surface area contributed by atoms with Gasteiger partial charge in [0.1, 0.15) is 14.1 Å². The number of benzene rings is 2. The van der Waals surface area contributed by atoms with Crippen molar-refractivity contribution in [2.24, 2.45) is 14.1 Å². The Morgan fingerprint density at radius 3 is 1.03 bits per heavy atom. The van der Waals surface area contributed by atoms with Crippen molar-refractivity contribution in [1.29, 1.82) is 0 Å². The summed E-state index contributed by atoms with van der Waals surface area (Å²) in [6.45, 7) is 0. The molecule has 4 rings (SSSR count). The highest BCUT2D eigenvalue weighted by molar-refractivity contribution is 5.70. The van der Waals surface area contributed by atoms with Gasteiger partial charge in [0, 0.05) is 35.4 Å². The number of rotatable bonds is 4. The zero-order chi connectivity index (χ0) is 22.2. The molecule has 2 heteroatoms. The third-order valence-electron chi connectivity index (χ3n) is 5.12. The van der Waals surface area contributed by atoms with E-state index in [0.29, 0.717) is 0 Å². The molecule has 0 saturated heterocycles. The predicted octanol–water partition coefficient (Wildman–Crippen LogP) is 5.08. The maximum Gasteiger partial charge on any atom is 0.169 e. The lowest BCUT2D eigenvalue weighted by atomic mass is 10.1. The van der Waals surface area contributed by atoms with E-state index in [2.05, 4.69) is 109 Å². The van der Waals surface area contributed by atoms with Crippen LogP contribution in [0.5, 0.6) is 0 Å². The van der Waals surface area contributed by atoms with E-state index in [1.807, 2.05) is 48.0 Å². The van der Waals surface area contributed by atoms with E-state index in [1.54, 1.807) is 0 Å². The fourth-order valence-electron chi connectivity index (χ4n) is 3.13. The summed E-state index contributed by atoms with van der Waals surface area (Å²) in [6.07, 6.45) is 16.7. The van der Waals surface area contributed by atoms with Gasteiger partial charge in [-0.05, 0) is 46.5 Å². The van der Waals surface area contributed by atoms with Crippen LogP contribution in [-0.2, 0) is 14.1 Å². The summed E-state index contributed by atoms with van der Waals surface area (Å²) in [5, 5.41) is 0. The standard InChI is InChI=1S/C30H26N2/c1-31-21-17-29(18-22-31)15-13-27-9-5-25(6-10-27)3-4-26-7-11-28(12-8-26)14-16-30-19-23-32(2)24-20-30/h5-24H,1-2H3/q+2/b15-13+,16-14+. The molecule has 0 radical (unpaired) electrons. The van der Waals surface area contributed by atoms with Crippen LogP contribution < -0.4 is 9.13 Å². The molecular formula is C30H26N2+2. The average Bonchev–Trinajstić information content (AvgIpc) is 2.83. The van der Waals surface area contributed by atoms with Gasteiger partial charge in [-0.25, -0.2) is 9.13 Å². The Labute approximate surface area is 190 Å². The van der Waals surface area contributed by atoms with E-state index in [1.165, 1.54) is 11.1 Å². The van der Waals surface area contributed by atoms with Crippen LogP contribution in [0.2, 0.25) is 0 Å². The molecule has 0 bridgehead atoms. The molecular weight excluding hydrogens is 388 g/mol. The number of hydrogen-bond donors (Lipinski definition) is 0. The van der Waals surface area contributed by atoms with Gasteiger partial charge in [0.25, 0.3) is 0 Å². The van der Waals surface area contributed by atoms with Crippen molar-refractivity contribution in [2.45, 2.75) is 0 Å². The van der Waals surface area contributed by atoms with Crippen molar-refractivity contribution in [1.82, 2.24) is 0 Å². The molecule has 0 aliphatic heterocycles. The molecule has 0 aliphatic carbocycles. The van der Waals surface area contributed by atoms with Crippen LogP contribution in [0.25, 0.3) is 24.3 Å². The molecule has 0 spiro atoms. The van der Waals surface area contributed by atoms with Crippen molar-refractivity contribution in [3.05, 3.63) is 131 Å². The molecule has 0 unspecified atom stereocenters. The molecule has 0 amide bonds. The van der Waals surface area contributed by atoms with E-state index in [0.717, 1.165) is 22.3 Å². The van der Waals surface area contributed by atoms with Crippen LogP contribution in [0.15, 0.2) is 97.6 Å². The minimum absolute atomic E-state index is 1.01. The van der Waals surface area contributed by atoms with E-state index in [9.17, 15) is 0 Å². The Balaban J connectivity index is 1.37. The highest BCUT2D eigenvalue weighted by Crippen LogP contribution is 2.11. The van der Waals surface area contributed by atoms with Gasteiger partial charge in [-0.2, -0.15) is 0 Å². The van der Waals surface area contributed by atoms with Crippen LogP contribution in [-0.4, -0.2) is 0 Å². The van der Waals surface area contributed by atoms with Gasteiger partial charge in [0.15, 0.2) is 24.8 Å². The Bertz CT molecular complexity index is 1180. The smallest absolute Gasteiger partial charge is 0.169 e. The van der Waals surface area contributed by atoms with E-state index in [-0.39, 0.29) is 0 Å². The second kappa shape index (κ2) is 10.2. The third kappa shape index (κ3) is 6.14. The summed E-state index contributed by atoms with van der Waals surface area (Å²) in [6, 6.07) is 25.0. The molecule has 2 nitrogen and oxygen atoms in total. The first-order chi connectivity index (χ1) is 15.6. The SMILES string of the molecule is C[n+]1ccc(/C=C/c2ccc(C#Cc3ccc(/C=C/c4cc[n+](C)cc4)cc3)cc2)cc1. The van der Waals surface area contributed by atoms with Crippen molar-refractivity contribution in [2.75, 3.05) is 0 Å². The second-order valence-corrected chi connectivity index (χ2v) is 7.75. The minimum atomic E-state index is 1.01. The summed E-state index contributed by atoms with van der Waals surface area (Å²) in [4.78, 5) is 0. The Morgan fingerprint density at radius 2 is 0.719 bits per heavy atom. The van der Waals surface area contributed by atoms with Gasteiger partial charge in [-0.15, -0.1) is 0 Å². The number of nitrogens with zero attached hydrogens (tertiary/aromatic N) is 2. The zero-order valence-corrected chi connectivity index (χ0v) is 18.4. The zero-order valence-electron chi connectivity index (χ0n) is 18.4. The molecule has 0 aliphatic rings. The first kappa shape index (κ1) is 21.0. The quantitative estimate of drug-likeness (QED) is 0.325. The van der Waals surface area contributed by atoms with E-state index < -0.39 is 0 Å². The fourth-order valence-corrected chi connectivity index (χ4v) is 3.13. The number of pyridine rings is 2. The Hall–Kier alpha value is -4.22. The Kier molecular flexibility index (Phi) is 6.70. The summed E-state index contributed by atoms with van der Waals surface area (Å²) in [7, 11) is 4.04. The predicted molar refractivity (Wildman–Crippen MR) is 132 cm³/mol. The maximum atomic E-state index is 3.25. The molecule has 0 N–H and O–H groups in total. The fraction of sp³-hybridized carbons (Fsp3) is 0.0667. The highest BCUT2D eigenvalue weighted by atomic mass is 14.9. The normalized spacial score (nSPS) is 10.9. The van der Waals surface area contributed by atoms with Crippen molar-refractivity contribution >= 4 is 24.3 Å². The number of hydrogen-bond acceptors (Lipinski definition) is 0. The molecule has 0 saturated carbocycles.